The molecule has 100 valence electrons. The molecule has 0 spiro atoms. The minimum Gasteiger partial charge on any atom is -0.397 e. The molecule has 3 N–H and O–H groups in total. The zero-order valence-electron chi connectivity index (χ0n) is 10.9. The summed E-state index contributed by atoms with van der Waals surface area (Å²) in [5.74, 6) is 0. The van der Waals surface area contributed by atoms with Crippen LogP contribution in [-0.2, 0) is 12.8 Å². The Balaban J connectivity index is 1.78. The minimum absolute atomic E-state index is 0.770. The fourth-order valence-corrected chi connectivity index (χ4v) is 3.58. The van der Waals surface area contributed by atoms with Crippen LogP contribution in [-0.4, -0.2) is 9.97 Å². The third-order valence-corrected chi connectivity index (χ3v) is 4.63. The maximum absolute atomic E-state index is 6.28. The number of benzene rings is 1. The first-order valence-corrected chi connectivity index (χ1v) is 7.53. The predicted octanol–water partition coefficient (Wildman–Crippen LogP) is 3.51. The van der Waals surface area contributed by atoms with Crippen molar-refractivity contribution < 1.29 is 0 Å². The Hall–Kier alpha value is -2.14. The molecule has 0 amide bonds. The van der Waals surface area contributed by atoms with Crippen LogP contribution in [0.5, 0.6) is 0 Å². The van der Waals surface area contributed by atoms with Crippen LogP contribution in [0.15, 0.2) is 30.3 Å². The summed E-state index contributed by atoms with van der Waals surface area (Å²) < 4.78 is 1.00. The molecule has 2 aromatic heterocycles. The second kappa shape index (κ2) is 4.45. The van der Waals surface area contributed by atoms with E-state index in [-0.39, 0.29) is 0 Å². The van der Waals surface area contributed by atoms with E-state index in [0.29, 0.717) is 0 Å². The Bertz CT molecular complexity index is 779. The fraction of sp³-hybridized carbons (Fsp3) is 0.200. The van der Waals surface area contributed by atoms with Gasteiger partial charge in [-0.1, -0.05) is 29.5 Å². The summed E-state index contributed by atoms with van der Waals surface area (Å²) in [6, 6.07) is 10.0. The van der Waals surface area contributed by atoms with Gasteiger partial charge < -0.3 is 11.1 Å². The first-order valence-electron chi connectivity index (χ1n) is 6.71. The second-order valence-corrected chi connectivity index (χ2v) is 5.97. The highest BCUT2D eigenvalue weighted by molar-refractivity contribution is 7.22. The van der Waals surface area contributed by atoms with Crippen LogP contribution in [0, 0.1) is 0 Å². The van der Waals surface area contributed by atoms with Crippen LogP contribution in [0.4, 0.5) is 16.5 Å². The van der Waals surface area contributed by atoms with Crippen LogP contribution < -0.4 is 11.1 Å². The number of nitrogens with zero attached hydrogens (tertiary/aromatic N) is 2. The molecule has 0 unspecified atom stereocenters. The molecule has 4 rings (SSSR count). The van der Waals surface area contributed by atoms with Crippen molar-refractivity contribution in [3.05, 3.63) is 41.6 Å². The molecule has 1 aliphatic carbocycles. The zero-order chi connectivity index (χ0) is 13.5. The van der Waals surface area contributed by atoms with Gasteiger partial charge in [-0.15, -0.1) is 0 Å². The van der Waals surface area contributed by atoms with Gasteiger partial charge in [-0.3, -0.25) is 0 Å². The van der Waals surface area contributed by atoms with Gasteiger partial charge >= 0.3 is 0 Å². The number of fused-ring (bicyclic) bond motifs is 2. The lowest BCUT2D eigenvalue weighted by Gasteiger charge is -2.02. The van der Waals surface area contributed by atoms with Gasteiger partial charge in [0.05, 0.1) is 10.4 Å². The van der Waals surface area contributed by atoms with Crippen LogP contribution in [0.25, 0.3) is 10.3 Å². The summed E-state index contributed by atoms with van der Waals surface area (Å²) >= 11 is 1.58. The summed E-state index contributed by atoms with van der Waals surface area (Å²) in [5.41, 5.74) is 11.3. The van der Waals surface area contributed by atoms with Gasteiger partial charge in [0.2, 0.25) is 0 Å². The molecule has 4 nitrogen and oxygen atoms in total. The van der Waals surface area contributed by atoms with Crippen molar-refractivity contribution in [2.24, 2.45) is 0 Å². The van der Waals surface area contributed by atoms with Crippen molar-refractivity contribution in [3.8, 4) is 0 Å². The second-order valence-electron chi connectivity index (χ2n) is 4.97. The molecule has 0 saturated carbocycles. The van der Waals surface area contributed by atoms with E-state index in [9.17, 15) is 0 Å². The molecule has 0 saturated heterocycles. The highest BCUT2D eigenvalue weighted by atomic mass is 32.1. The first-order chi connectivity index (χ1) is 9.81. The lowest BCUT2D eigenvalue weighted by atomic mass is 10.2. The molecule has 0 fully saturated rings. The summed E-state index contributed by atoms with van der Waals surface area (Å²) in [7, 11) is 0. The van der Waals surface area contributed by atoms with Crippen molar-refractivity contribution in [3.63, 3.8) is 0 Å². The smallest absolute Gasteiger partial charge is 0.189 e. The molecule has 0 radical (unpaired) electrons. The molecular formula is C15H14N4S. The van der Waals surface area contributed by atoms with E-state index < -0.39 is 0 Å². The maximum Gasteiger partial charge on any atom is 0.189 e. The number of hydrogen-bond acceptors (Lipinski definition) is 5. The average Bonchev–Trinajstić information content (AvgIpc) is 3.07. The van der Waals surface area contributed by atoms with Crippen molar-refractivity contribution >= 4 is 38.2 Å². The zero-order valence-corrected chi connectivity index (χ0v) is 11.7. The standard InChI is InChI=1S/C15H14N4S/c16-12-10-7-4-8-11(10)18-14-13(12)20-15(19-14)17-9-5-2-1-3-6-9/h1-3,5-6H,4,7-8H2,(H3,16,17,18,19). The molecular weight excluding hydrogens is 268 g/mol. The summed E-state index contributed by atoms with van der Waals surface area (Å²) in [4.78, 5) is 9.22. The normalized spacial score (nSPS) is 13.6. The number of thiazole rings is 1. The van der Waals surface area contributed by atoms with Crippen LogP contribution in [0.2, 0.25) is 0 Å². The first kappa shape index (κ1) is 11.7. The van der Waals surface area contributed by atoms with Crippen molar-refractivity contribution in [1.82, 2.24) is 9.97 Å². The number of aromatic nitrogens is 2. The third kappa shape index (κ3) is 1.82. The molecule has 3 aromatic rings. The molecule has 0 aliphatic heterocycles. The maximum atomic E-state index is 6.28. The number of aryl methyl sites for hydroxylation is 1. The molecule has 0 atom stereocenters. The van der Waals surface area contributed by atoms with E-state index in [1.807, 2.05) is 30.3 Å². The largest absolute Gasteiger partial charge is 0.397 e. The predicted molar refractivity (Wildman–Crippen MR) is 83.6 cm³/mol. The summed E-state index contributed by atoms with van der Waals surface area (Å²) in [6.07, 6.45) is 3.22. The van der Waals surface area contributed by atoms with Crippen LogP contribution in [0.3, 0.4) is 0 Å². The lowest BCUT2D eigenvalue weighted by Crippen LogP contribution is -1.96. The van der Waals surface area contributed by atoms with Crippen LogP contribution in [0.1, 0.15) is 17.7 Å². The Kier molecular flexibility index (Phi) is 2.60. The van der Waals surface area contributed by atoms with E-state index in [1.165, 1.54) is 5.56 Å². The Labute approximate surface area is 120 Å². The van der Waals surface area contributed by atoms with Crippen molar-refractivity contribution in [2.45, 2.75) is 19.3 Å². The van der Waals surface area contributed by atoms with Crippen molar-refractivity contribution in [2.75, 3.05) is 11.1 Å². The number of pyridine rings is 1. The lowest BCUT2D eigenvalue weighted by molar-refractivity contribution is 0.901. The van der Waals surface area contributed by atoms with Gasteiger partial charge in [-0.2, -0.15) is 4.98 Å². The molecule has 0 bridgehead atoms. The highest BCUT2D eigenvalue weighted by Crippen LogP contribution is 2.37. The van der Waals surface area contributed by atoms with Gasteiger partial charge in [0, 0.05) is 11.4 Å². The minimum atomic E-state index is 0.770. The Morgan fingerprint density at radius 1 is 1.10 bits per heavy atom. The van der Waals surface area contributed by atoms with E-state index in [1.54, 1.807) is 11.3 Å². The topological polar surface area (TPSA) is 63.8 Å². The van der Waals surface area contributed by atoms with Gasteiger partial charge in [0.25, 0.3) is 0 Å². The van der Waals surface area contributed by atoms with Gasteiger partial charge in [-0.25, -0.2) is 4.98 Å². The van der Waals surface area contributed by atoms with Gasteiger partial charge in [-0.05, 0) is 37.0 Å². The fourth-order valence-electron chi connectivity index (χ4n) is 2.67. The highest BCUT2D eigenvalue weighted by Gasteiger charge is 2.20. The molecule has 20 heavy (non-hydrogen) atoms. The third-order valence-electron chi connectivity index (χ3n) is 3.63. The average molecular weight is 282 g/mol. The van der Waals surface area contributed by atoms with E-state index >= 15 is 0 Å². The van der Waals surface area contributed by atoms with Gasteiger partial charge in [0.15, 0.2) is 10.8 Å². The molecule has 1 aliphatic rings. The Morgan fingerprint density at radius 2 is 1.95 bits per heavy atom. The van der Waals surface area contributed by atoms with E-state index in [0.717, 1.165) is 51.8 Å². The number of anilines is 3. The molecule has 5 heteroatoms. The number of nitrogens with one attached hydrogen (secondary N) is 1. The molecule has 2 heterocycles. The number of para-hydroxylation sites is 1. The quantitative estimate of drug-likeness (QED) is 0.755. The number of nitrogen functional groups attached to an aromatic ring is 1. The molecule has 1 aromatic carbocycles. The van der Waals surface area contributed by atoms with Crippen molar-refractivity contribution in [1.29, 1.82) is 0 Å². The number of rotatable bonds is 2. The van der Waals surface area contributed by atoms with E-state index in [2.05, 4.69) is 15.3 Å². The van der Waals surface area contributed by atoms with Gasteiger partial charge in [0.1, 0.15) is 0 Å². The number of hydrogen-bond donors (Lipinski definition) is 2. The number of nitrogens with two attached hydrogens (primary N) is 1. The van der Waals surface area contributed by atoms with Crippen LogP contribution >= 0.6 is 11.3 Å². The summed E-state index contributed by atoms with van der Waals surface area (Å²) in [5, 5.41) is 4.15. The Morgan fingerprint density at radius 3 is 2.80 bits per heavy atom. The SMILES string of the molecule is Nc1c2c(nc3nc(Nc4ccccc4)sc13)CCC2. The monoisotopic (exact) mass is 282 g/mol. The summed E-state index contributed by atoms with van der Waals surface area (Å²) in [6.45, 7) is 0. The van der Waals surface area contributed by atoms with E-state index in [4.69, 9.17) is 5.73 Å².